The van der Waals surface area contributed by atoms with Gasteiger partial charge in [-0.2, -0.15) is 11.8 Å². The van der Waals surface area contributed by atoms with E-state index in [-0.39, 0.29) is 4.75 Å². The van der Waals surface area contributed by atoms with Crippen LogP contribution in [0.3, 0.4) is 0 Å². The molecule has 0 fully saturated rings. The molecule has 0 saturated carbocycles. The lowest BCUT2D eigenvalue weighted by atomic mass is 10.1. The molecule has 0 amide bonds. The molecule has 5 heteroatoms. The molecule has 0 aliphatic carbocycles. The van der Waals surface area contributed by atoms with E-state index in [1.165, 1.54) is 0 Å². The zero-order valence-corrected chi connectivity index (χ0v) is 12.0. The number of nitrogens with zero attached hydrogens (tertiary/aromatic N) is 2. The number of rotatable bonds is 4. The largest absolute Gasteiger partial charge is 0.367 e. The summed E-state index contributed by atoms with van der Waals surface area (Å²) in [7, 11) is 0. The Morgan fingerprint density at radius 2 is 1.88 bits per heavy atom. The Bertz CT molecular complexity index is 380. The third-order valence-electron chi connectivity index (χ3n) is 2.70. The number of anilines is 1. The molecule has 1 aromatic heterocycles. The van der Waals surface area contributed by atoms with E-state index in [4.69, 9.17) is 11.6 Å². The van der Waals surface area contributed by atoms with E-state index in [1.807, 2.05) is 25.6 Å². The number of halogens is 1. The monoisotopic (exact) mass is 259 g/mol. The fraction of sp³-hybridized carbons (Fsp3) is 0.636. The van der Waals surface area contributed by atoms with Crippen molar-refractivity contribution in [2.45, 2.75) is 32.4 Å². The first-order valence-corrected chi connectivity index (χ1v) is 6.76. The minimum atomic E-state index is 0.182. The minimum Gasteiger partial charge on any atom is -0.367 e. The summed E-state index contributed by atoms with van der Waals surface area (Å²) in [5.74, 6) is 0.823. The van der Waals surface area contributed by atoms with E-state index in [9.17, 15) is 0 Å². The summed E-state index contributed by atoms with van der Waals surface area (Å²) >= 11 is 7.72. The van der Waals surface area contributed by atoms with E-state index >= 15 is 0 Å². The lowest BCUT2D eigenvalue weighted by molar-refractivity contribution is 0.746. The van der Waals surface area contributed by atoms with Crippen LogP contribution in [0.4, 0.5) is 5.82 Å². The number of aromatic nitrogens is 2. The van der Waals surface area contributed by atoms with Gasteiger partial charge in [0.2, 0.25) is 0 Å². The van der Waals surface area contributed by atoms with E-state index in [2.05, 4.69) is 35.6 Å². The topological polar surface area (TPSA) is 37.8 Å². The molecule has 0 aliphatic rings. The Balaban J connectivity index is 2.80. The highest BCUT2D eigenvalue weighted by Gasteiger charge is 2.17. The molecule has 90 valence electrons. The summed E-state index contributed by atoms with van der Waals surface area (Å²) in [5.41, 5.74) is 2.05. The molecule has 16 heavy (non-hydrogen) atoms. The zero-order chi connectivity index (χ0) is 12.3. The lowest BCUT2D eigenvalue weighted by Gasteiger charge is -2.23. The van der Waals surface area contributed by atoms with Gasteiger partial charge in [0, 0.05) is 11.3 Å². The van der Waals surface area contributed by atoms with Crippen LogP contribution in [0, 0.1) is 13.8 Å². The predicted octanol–water partition coefficient (Wildman–Crippen LogP) is 3.30. The predicted molar refractivity (Wildman–Crippen MR) is 72.6 cm³/mol. The van der Waals surface area contributed by atoms with E-state index in [0.29, 0.717) is 5.15 Å². The van der Waals surface area contributed by atoms with Crippen molar-refractivity contribution in [2.75, 3.05) is 18.1 Å². The van der Waals surface area contributed by atoms with Gasteiger partial charge in [0.25, 0.3) is 0 Å². The molecule has 0 atom stereocenters. The zero-order valence-electron chi connectivity index (χ0n) is 10.4. The Morgan fingerprint density at radius 3 is 2.44 bits per heavy atom. The highest BCUT2D eigenvalue weighted by Crippen LogP contribution is 2.24. The van der Waals surface area contributed by atoms with Crippen LogP contribution in [0.5, 0.6) is 0 Å². The Hall–Kier alpha value is -0.480. The molecule has 0 aliphatic heterocycles. The molecule has 0 bridgehead atoms. The van der Waals surface area contributed by atoms with Crippen molar-refractivity contribution in [3.63, 3.8) is 0 Å². The minimum absolute atomic E-state index is 0.182. The van der Waals surface area contributed by atoms with Crippen molar-refractivity contribution >= 4 is 29.2 Å². The van der Waals surface area contributed by atoms with Crippen LogP contribution in [0.1, 0.15) is 25.0 Å². The normalized spacial score (nSPS) is 11.6. The van der Waals surface area contributed by atoms with Crippen molar-refractivity contribution in [3.05, 3.63) is 16.3 Å². The third-order valence-corrected chi connectivity index (χ3v) is 4.31. The molecule has 1 aromatic rings. The average Bonchev–Trinajstić information content (AvgIpc) is 2.25. The Morgan fingerprint density at radius 1 is 1.25 bits per heavy atom. The summed E-state index contributed by atoms with van der Waals surface area (Å²) < 4.78 is 0.182. The molecule has 0 spiro atoms. The van der Waals surface area contributed by atoms with E-state index in [1.54, 1.807) is 0 Å². The Kier molecular flexibility index (Phi) is 4.44. The molecule has 0 saturated heterocycles. The fourth-order valence-corrected chi connectivity index (χ4v) is 1.51. The third kappa shape index (κ3) is 3.25. The van der Waals surface area contributed by atoms with Crippen LogP contribution in [-0.2, 0) is 0 Å². The molecule has 1 heterocycles. The lowest BCUT2D eigenvalue weighted by Crippen LogP contribution is -2.26. The first-order valence-electron chi connectivity index (χ1n) is 5.16. The van der Waals surface area contributed by atoms with Gasteiger partial charge in [0.05, 0.1) is 0 Å². The van der Waals surface area contributed by atoms with Crippen LogP contribution < -0.4 is 5.32 Å². The molecular formula is C11H18ClN3S. The van der Waals surface area contributed by atoms with Crippen LogP contribution in [0.25, 0.3) is 0 Å². The highest BCUT2D eigenvalue weighted by molar-refractivity contribution is 7.99. The van der Waals surface area contributed by atoms with Gasteiger partial charge in [0.15, 0.2) is 11.0 Å². The van der Waals surface area contributed by atoms with E-state index < -0.39 is 0 Å². The van der Waals surface area contributed by atoms with Crippen molar-refractivity contribution in [2.24, 2.45) is 0 Å². The molecule has 0 radical (unpaired) electrons. The average molecular weight is 260 g/mol. The molecule has 0 aromatic carbocycles. The summed E-state index contributed by atoms with van der Waals surface area (Å²) in [6, 6.07) is 0. The molecule has 0 unspecified atom stereocenters. The number of nitrogens with one attached hydrogen (secondary N) is 1. The van der Waals surface area contributed by atoms with Gasteiger partial charge < -0.3 is 5.32 Å². The summed E-state index contributed by atoms with van der Waals surface area (Å²) in [6.45, 7) is 9.19. The first-order chi connectivity index (χ1) is 7.37. The molecule has 1 rings (SSSR count). The van der Waals surface area contributed by atoms with Crippen molar-refractivity contribution < 1.29 is 0 Å². The number of hydrogen-bond acceptors (Lipinski definition) is 4. The second-order valence-corrected chi connectivity index (χ2v) is 6.28. The number of hydrogen-bond donors (Lipinski definition) is 1. The van der Waals surface area contributed by atoms with Gasteiger partial charge in [-0.15, -0.1) is 10.2 Å². The standard InChI is InChI=1S/C11H18ClN3S/c1-7-8(2)10(15-14-9(7)12)13-6-11(3,4)16-5/h6H2,1-5H3,(H,13,15). The van der Waals surface area contributed by atoms with Crippen LogP contribution in [-0.4, -0.2) is 27.7 Å². The summed E-state index contributed by atoms with van der Waals surface area (Å²) in [6.07, 6.45) is 2.10. The second-order valence-electron chi connectivity index (χ2n) is 4.41. The van der Waals surface area contributed by atoms with Gasteiger partial charge in [-0.05, 0) is 45.1 Å². The maximum absolute atomic E-state index is 5.90. The smallest absolute Gasteiger partial charge is 0.155 e. The molecule has 1 N–H and O–H groups in total. The first kappa shape index (κ1) is 13.6. The highest BCUT2D eigenvalue weighted by atomic mass is 35.5. The van der Waals surface area contributed by atoms with Gasteiger partial charge in [0.1, 0.15) is 0 Å². The summed E-state index contributed by atoms with van der Waals surface area (Å²) in [4.78, 5) is 0. The maximum Gasteiger partial charge on any atom is 0.155 e. The SMILES string of the molecule is CSC(C)(C)CNc1nnc(Cl)c(C)c1C. The van der Waals surface area contributed by atoms with Crippen LogP contribution in [0.2, 0.25) is 5.15 Å². The van der Waals surface area contributed by atoms with Gasteiger partial charge in [-0.3, -0.25) is 0 Å². The maximum atomic E-state index is 5.90. The summed E-state index contributed by atoms with van der Waals surface area (Å²) in [5, 5.41) is 11.8. The second kappa shape index (κ2) is 5.23. The quantitative estimate of drug-likeness (QED) is 0.900. The molecule has 3 nitrogen and oxygen atoms in total. The Labute approximate surface area is 106 Å². The van der Waals surface area contributed by atoms with Gasteiger partial charge >= 0.3 is 0 Å². The number of thioether (sulfide) groups is 1. The molecular weight excluding hydrogens is 242 g/mol. The van der Waals surface area contributed by atoms with E-state index in [0.717, 1.165) is 23.5 Å². The van der Waals surface area contributed by atoms with Crippen LogP contribution >= 0.6 is 23.4 Å². The van der Waals surface area contributed by atoms with Crippen molar-refractivity contribution in [1.82, 2.24) is 10.2 Å². The van der Waals surface area contributed by atoms with Crippen molar-refractivity contribution in [1.29, 1.82) is 0 Å². The van der Waals surface area contributed by atoms with Gasteiger partial charge in [-0.25, -0.2) is 0 Å². The van der Waals surface area contributed by atoms with Gasteiger partial charge in [-0.1, -0.05) is 11.6 Å². The van der Waals surface area contributed by atoms with Crippen LogP contribution in [0.15, 0.2) is 0 Å². The van der Waals surface area contributed by atoms with Crippen molar-refractivity contribution in [3.8, 4) is 0 Å². The fourth-order valence-electron chi connectivity index (χ4n) is 1.11.